The first-order valence-corrected chi connectivity index (χ1v) is 12.5. The van der Waals surface area contributed by atoms with E-state index in [4.69, 9.17) is 9.47 Å². The topological polar surface area (TPSA) is 111 Å². The van der Waals surface area contributed by atoms with E-state index in [1.807, 2.05) is 37.3 Å². The molecule has 2 N–H and O–H groups in total. The van der Waals surface area contributed by atoms with Gasteiger partial charge in [0.1, 0.15) is 5.75 Å². The van der Waals surface area contributed by atoms with Crippen molar-refractivity contribution in [3.63, 3.8) is 0 Å². The van der Waals surface area contributed by atoms with E-state index in [0.29, 0.717) is 18.0 Å². The zero-order chi connectivity index (χ0) is 25.4. The third-order valence-corrected chi connectivity index (χ3v) is 6.71. The number of hydrogen-bond acceptors (Lipinski definition) is 6. The van der Waals surface area contributed by atoms with Crippen LogP contribution in [0.3, 0.4) is 0 Å². The maximum absolute atomic E-state index is 12.8. The predicted octanol–water partition coefficient (Wildman–Crippen LogP) is 3.96. The Kier molecular flexibility index (Phi) is 8.48. The van der Waals surface area contributed by atoms with Crippen LogP contribution < -0.4 is 14.8 Å². The first-order chi connectivity index (χ1) is 16.7. The van der Waals surface area contributed by atoms with Gasteiger partial charge in [-0.25, -0.2) is 13.2 Å². The van der Waals surface area contributed by atoms with Crippen LogP contribution in [0.25, 0.3) is 0 Å². The van der Waals surface area contributed by atoms with Crippen LogP contribution in [0.15, 0.2) is 83.8 Å². The normalized spacial score (nSPS) is 12.8. The molecule has 0 bridgehead atoms. The van der Waals surface area contributed by atoms with Gasteiger partial charge in [-0.1, -0.05) is 43.3 Å². The summed E-state index contributed by atoms with van der Waals surface area (Å²) in [6, 6.07) is 21.5. The smallest absolute Gasteiger partial charge is 0.338 e. The van der Waals surface area contributed by atoms with Gasteiger partial charge in [0.15, 0.2) is 6.10 Å². The van der Waals surface area contributed by atoms with Crippen LogP contribution in [0.4, 0.5) is 5.69 Å². The lowest BCUT2D eigenvalue weighted by molar-refractivity contribution is -0.129. The van der Waals surface area contributed by atoms with E-state index in [1.165, 1.54) is 38.3 Å². The Balaban J connectivity index is 1.60. The fraction of sp³-hybridized carbons (Fsp3) is 0.231. The van der Waals surface area contributed by atoms with Crippen LogP contribution in [0, 0.1) is 0 Å². The number of hydrogen-bond donors (Lipinski definition) is 2. The highest BCUT2D eigenvalue weighted by Gasteiger charge is 2.22. The third-order valence-electron chi connectivity index (χ3n) is 5.33. The Morgan fingerprint density at radius 1 is 0.914 bits per heavy atom. The molecule has 0 radical (unpaired) electrons. The molecule has 3 aromatic carbocycles. The van der Waals surface area contributed by atoms with E-state index >= 15 is 0 Å². The van der Waals surface area contributed by atoms with Crippen molar-refractivity contribution >= 4 is 27.6 Å². The molecule has 0 spiro atoms. The highest BCUT2D eigenvalue weighted by molar-refractivity contribution is 7.92. The van der Waals surface area contributed by atoms with Gasteiger partial charge in [-0.05, 0) is 60.9 Å². The van der Waals surface area contributed by atoms with E-state index in [2.05, 4.69) is 10.0 Å². The Labute approximate surface area is 205 Å². The lowest BCUT2D eigenvalue weighted by Gasteiger charge is -2.17. The monoisotopic (exact) mass is 496 g/mol. The molecule has 0 saturated carbocycles. The van der Waals surface area contributed by atoms with Gasteiger partial charge in [0.25, 0.3) is 15.9 Å². The van der Waals surface area contributed by atoms with Crippen LogP contribution in [0.5, 0.6) is 5.75 Å². The second-order valence-electron chi connectivity index (χ2n) is 7.97. The maximum atomic E-state index is 12.8. The van der Waals surface area contributed by atoms with Crippen molar-refractivity contribution in [2.45, 2.75) is 30.8 Å². The van der Waals surface area contributed by atoms with Crippen molar-refractivity contribution in [2.24, 2.45) is 0 Å². The minimum atomic E-state index is -3.96. The Morgan fingerprint density at radius 2 is 1.60 bits per heavy atom. The number of benzene rings is 3. The molecule has 0 fully saturated rings. The van der Waals surface area contributed by atoms with Crippen molar-refractivity contribution < 1.29 is 27.5 Å². The molecule has 0 aromatic heterocycles. The second-order valence-corrected chi connectivity index (χ2v) is 9.65. The fourth-order valence-electron chi connectivity index (χ4n) is 3.24. The Bertz CT molecular complexity index is 1260. The minimum absolute atomic E-state index is 0.0138. The number of nitrogens with one attached hydrogen (secondary N) is 2. The molecule has 8 nitrogen and oxygen atoms in total. The van der Waals surface area contributed by atoms with Crippen LogP contribution in [-0.4, -0.2) is 40.1 Å². The number of carbonyl (C=O) groups is 2. The van der Waals surface area contributed by atoms with Gasteiger partial charge in [0, 0.05) is 12.2 Å². The Hall–Kier alpha value is -3.85. The first-order valence-electron chi connectivity index (χ1n) is 11.0. The number of esters is 1. The number of methoxy groups -OCH3 is 1. The van der Waals surface area contributed by atoms with Crippen molar-refractivity contribution in [1.29, 1.82) is 0 Å². The minimum Gasteiger partial charge on any atom is -0.497 e. The molecule has 2 atom stereocenters. The highest BCUT2D eigenvalue weighted by Crippen LogP contribution is 2.20. The van der Waals surface area contributed by atoms with Gasteiger partial charge in [0.2, 0.25) is 0 Å². The molecule has 0 heterocycles. The SMILES string of the molecule is COc1ccc(NS(=O)(=O)c2cccc(C(=O)OC(C)C(=O)NCC(C)c3ccccc3)c2)cc1. The van der Waals surface area contributed by atoms with Gasteiger partial charge >= 0.3 is 5.97 Å². The summed E-state index contributed by atoms with van der Waals surface area (Å²) in [4.78, 5) is 24.9. The number of anilines is 1. The highest BCUT2D eigenvalue weighted by atomic mass is 32.2. The molecule has 0 aliphatic carbocycles. The average Bonchev–Trinajstić information content (AvgIpc) is 2.87. The molecular formula is C26H28N2O6S. The first kappa shape index (κ1) is 25.8. The van der Waals surface area contributed by atoms with Gasteiger partial charge in [-0.15, -0.1) is 0 Å². The molecule has 0 aliphatic rings. The summed E-state index contributed by atoms with van der Waals surface area (Å²) in [5.74, 6) is -0.565. The van der Waals surface area contributed by atoms with E-state index in [0.717, 1.165) is 5.56 Å². The predicted molar refractivity (Wildman–Crippen MR) is 133 cm³/mol. The number of ether oxygens (including phenoxy) is 2. The van der Waals surface area contributed by atoms with Gasteiger partial charge in [-0.2, -0.15) is 0 Å². The molecule has 3 rings (SSSR count). The molecular weight excluding hydrogens is 468 g/mol. The zero-order valence-corrected chi connectivity index (χ0v) is 20.5. The van der Waals surface area contributed by atoms with E-state index in [9.17, 15) is 18.0 Å². The van der Waals surface area contributed by atoms with E-state index in [1.54, 1.807) is 24.3 Å². The van der Waals surface area contributed by atoms with Crippen LogP contribution in [0.2, 0.25) is 0 Å². The maximum Gasteiger partial charge on any atom is 0.338 e. The molecule has 1 amide bonds. The van der Waals surface area contributed by atoms with Gasteiger partial charge in [-0.3, -0.25) is 9.52 Å². The number of sulfonamides is 1. The molecule has 35 heavy (non-hydrogen) atoms. The van der Waals surface area contributed by atoms with Crippen molar-refractivity contribution in [3.05, 3.63) is 90.0 Å². The summed E-state index contributed by atoms with van der Waals surface area (Å²) in [6.07, 6.45) is -1.05. The van der Waals surface area contributed by atoms with Crippen molar-refractivity contribution in [1.82, 2.24) is 5.32 Å². The molecule has 2 unspecified atom stereocenters. The lowest BCUT2D eigenvalue weighted by atomic mass is 10.0. The van der Waals surface area contributed by atoms with Crippen molar-refractivity contribution in [2.75, 3.05) is 18.4 Å². The molecule has 9 heteroatoms. The zero-order valence-electron chi connectivity index (χ0n) is 19.7. The van der Waals surface area contributed by atoms with E-state index < -0.39 is 28.0 Å². The molecule has 0 aliphatic heterocycles. The quantitative estimate of drug-likeness (QED) is 0.411. The summed E-state index contributed by atoms with van der Waals surface area (Å²) < 4.78 is 38.3. The van der Waals surface area contributed by atoms with E-state index in [-0.39, 0.29) is 16.4 Å². The average molecular weight is 497 g/mol. The third kappa shape index (κ3) is 7.07. The summed E-state index contributed by atoms with van der Waals surface area (Å²) >= 11 is 0. The number of rotatable bonds is 10. The van der Waals surface area contributed by atoms with Gasteiger partial charge in [0.05, 0.1) is 17.6 Å². The second kappa shape index (κ2) is 11.5. The largest absolute Gasteiger partial charge is 0.497 e. The molecule has 0 saturated heterocycles. The van der Waals surface area contributed by atoms with Gasteiger partial charge < -0.3 is 14.8 Å². The van der Waals surface area contributed by atoms with Crippen LogP contribution in [-0.2, 0) is 19.6 Å². The summed E-state index contributed by atoms with van der Waals surface area (Å²) in [5, 5.41) is 2.78. The lowest BCUT2D eigenvalue weighted by Crippen LogP contribution is -2.37. The molecule has 3 aromatic rings. The standard InChI is InChI=1S/C26H28N2O6S/c1-18(20-8-5-4-6-9-20)17-27-25(29)19(2)34-26(30)21-10-7-11-24(16-21)35(31,32)28-22-12-14-23(33-3)15-13-22/h4-16,18-19,28H,17H2,1-3H3,(H,27,29). The van der Waals surface area contributed by atoms with Crippen molar-refractivity contribution in [3.8, 4) is 5.75 Å². The van der Waals surface area contributed by atoms with Crippen LogP contribution >= 0.6 is 0 Å². The molecule has 184 valence electrons. The fourth-order valence-corrected chi connectivity index (χ4v) is 4.35. The summed E-state index contributed by atoms with van der Waals surface area (Å²) in [6.45, 7) is 3.83. The Morgan fingerprint density at radius 3 is 2.26 bits per heavy atom. The van der Waals surface area contributed by atoms with Crippen LogP contribution in [0.1, 0.15) is 35.7 Å². The number of carbonyl (C=O) groups excluding carboxylic acids is 2. The summed E-state index contributed by atoms with van der Waals surface area (Å²) in [7, 11) is -2.44. The number of amides is 1. The summed E-state index contributed by atoms with van der Waals surface area (Å²) in [5.41, 5.74) is 1.44.